The fourth-order valence-electron chi connectivity index (χ4n) is 5.59. The molecule has 1 aromatic rings. The first-order chi connectivity index (χ1) is 24.0. The Kier molecular flexibility index (Phi) is 17.7. The van der Waals surface area contributed by atoms with Gasteiger partial charge in [-0.25, -0.2) is 18.0 Å². The van der Waals surface area contributed by atoms with Crippen LogP contribution in [0.2, 0.25) is 0 Å². The molecule has 0 aliphatic carbocycles. The number of rotatable bonds is 23. The molecular weight excluding hydrogens is 672 g/mol. The molecule has 2 fully saturated rings. The van der Waals surface area contributed by atoms with Crippen molar-refractivity contribution in [3.63, 3.8) is 0 Å². The summed E-state index contributed by atoms with van der Waals surface area (Å²) in [5.74, 6) is -9.13. The zero-order chi connectivity index (χ0) is 36.5. The molecule has 12 nitrogen and oxygen atoms in total. The molecule has 16 heteroatoms. The van der Waals surface area contributed by atoms with E-state index in [1.807, 2.05) is 0 Å². The predicted molar refractivity (Wildman–Crippen MR) is 169 cm³/mol. The van der Waals surface area contributed by atoms with E-state index in [9.17, 15) is 41.8 Å². The maximum atomic E-state index is 14.0. The van der Waals surface area contributed by atoms with Crippen LogP contribution in [-0.2, 0) is 33.3 Å². The molecule has 4 unspecified atom stereocenters. The lowest BCUT2D eigenvalue weighted by Crippen LogP contribution is -2.49. The third-order valence-electron chi connectivity index (χ3n) is 8.44. The lowest BCUT2D eigenvalue weighted by atomic mass is 10.0. The Hall–Kier alpha value is -3.50. The van der Waals surface area contributed by atoms with Crippen molar-refractivity contribution in [3.05, 3.63) is 28.8 Å². The SMILES string of the molecule is Cc1c(F)c(F)c(F)c(OC(=O)CCCCCCCCCCC(=O)NCCCNC(=O)CCCCOC2CC3OC(=O)OC3C(CO)O2)c1F. The maximum Gasteiger partial charge on any atom is 0.509 e. The van der Waals surface area contributed by atoms with Crippen molar-refractivity contribution in [2.24, 2.45) is 0 Å². The Morgan fingerprint density at radius 1 is 0.760 bits per heavy atom. The number of benzene rings is 1. The molecule has 2 saturated heterocycles. The second kappa shape index (κ2) is 21.7. The van der Waals surface area contributed by atoms with Gasteiger partial charge in [0.15, 0.2) is 29.8 Å². The predicted octanol–water partition coefficient (Wildman–Crippen LogP) is 5.18. The van der Waals surface area contributed by atoms with Crippen LogP contribution in [-0.4, -0.2) is 80.0 Å². The number of esters is 1. The van der Waals surface area contributed by atoms with E-state index < -0.39 is 71.3 Å². The molecule has 2 aliphatic rings. The molecule has 1 aromatic carbocycles. The molecule has 0 bridgehead atoms. The van der Waals surface area contributed by atoms with Gasteiger partial charge in [-0.3, -0.25) is 14.4 Å². The average Bonchev–Trinajstić information content (AvgIpc) is 3.48. The average molecular weight is 721 g/mol. The summed E-state index contributed by atoms with van der Waals surface area (Å²) in [7, 11) is 0. The van der Waals surface area contributed by atoms with Crippen LogP contribution >= 0.6 is 0 Å². The molecule has 0 spiro atoms. The number of aliphatic hydroxyl groups excluding tert-OH is 1. The van der Waals surface area contributed by atoms with Crippen molar-refractivity contribution in [2.45, 2.75) is 128 Å². The molecule has 0 saturated carbocycles. The smallest absolute Gasteiger partial charge is 0.427 e. The summed E-state index contributed by atoms with van der Waals surface area (Å²) in [5, 5.41) is 15.1. The summed E-state index contributed by atoms with van der Waals surface area (Å²) >= 11 is 0. The first-order valence-electron chi connectivity index (χ1n) is 17.3. The fraction of sp³-hybridized carbons (Fsp3) is 0.706. The molecule has 0 aromatic heterocycles. The third-order valence-corrected chi connectivity index (χ3v) is 8.44. The standard InChI is InChI=1S/C34H48F4N2O10/c1-21-28(35)30(37)31(38)33(29(21)36)49-26(44)15-9-7-5-3-2-4-6-8-13-24(42)39-16-12-17-40-25(43)14-10-11-18-46-27-19-22-32(23(20-41)47-27)50-34(45)48-22/h22-23,27,32,41H,2-20H2,1H3,(H,39,42)(H,40,43). The van der Waals surface area contributed by atoms with E-state index in [-0.39, 0.29) is 24.8 Å². The molecule has 50 heavy (non-hydrogen) atoms. The van der Waals surface area contributed by atoms with Gasteiger partial charge in [0.05, 0.1) is 6.61 Å². The van der Waals surface area contributed by atoms with Crippen LogP contribution in [0.1, 0.15) is 102 Å². The summed E-state index contributed by atoms with van der Waals surface area (Å²) in [5.41, 5.74) is -0.763. The Balaban J connectivity index is 1.07. The number of unbranched alkanes of at least 4 members (excludes halogenated alkanes) is 8. The van der Waals surface area contributed by atoms with Gasteiger partial charge in [-0.15, -0.1) is 0 Å². The largest absolute Gasteiger partial charge is 0.509 e. The highest BCUT2D eigenvalue weighted by Gasteiger charge is 2.48. The highest BCUT2D eigenvalue weighted by molar-refractivity contribution is 5.76. The quantitative estimate of drug-likeness (QED) is 0.0344. The van der Waals surface area contributed by atoms with Crippen molar-refractivity contribution >= 4 is 23.9 Å². The van der Waals surface area contributed by atoms with Gasteiger partial charge in [-0.2, -0.15) is 4.39 Å². The van der Waals surface area contributed by atoms with Gasteiger partial charge >= 0.3 is 12.1 Å². The summed E-state index contributed by atoms with van der Waals surface area (Å²) in [4.78, 5) is 47.3. The summed E-state index contributed by atoms with van der Waals surface area (Å²) in [6.45, 7) is 1.85. The molecule has 4 atom stereocenters. The molecule has 2 aliphatic heterocycles. The van der Waals surface area contributed by atoms with E-state index in [1.165, 1.54) is 0 Å². The number of carbonyl (C=O) groups is 4. The third kappa shape index (κ3) is 13.3. The van der Waals surface area contributed by atoms with E-state index in [1.54, 1.807) is 0 Å². The van der Waals surface area contributed by atoms with E-state index in [4.69, 9.17) is 18.9 Å². The number of aliphatic hydroxyl groups is 1. The van der Waals surface area contributed by atoms with Crippen LogP contribution in [0.5, 0.6) is 5.75 Å². The summed E-state index contributed by atoms with van der Waals surface area (Å²) < 4.78 is 80.6. The maximum absolute atomic E-state index is 14.0. The highest BCUT2D eigenvalue weighted by atomic mass is 19.2. The second-order valence-electron chi connectivity index (χ2n) is 12.4. The van der Waals surface area contributed by atoms with E-state index in [0.29, 0.717) is 71.1 Å². The van der Waals surface area contributed by atoms with Gasteiger partial charge in [0.1, 0.15) is 12.2 Å². The highest BCUT2D eigenvalue weighted by Crippen LogP contribution is 2.31. The molecule has 0 radical (unpaired) electrons. The number of hydrogen-bond acceptors (Lipinski definition) is 10. The van der Waals surface area contributed by atoms with Crippen molar-refractivity contribution in [1.82, 2.24) is 10.6 Å². The van der Waals surface area contributed by atoms with Gasteiger partial charge in [0.25, 0.3) is 0 Å². The first kappa shape index (κ1) is 40.9. The topological polar surface area (TPSA) is 159 Å². The van der Waals surface area contributed by atoms with E-state index in [2.05, 4.69) is 15.4 Å². The van der Waals surface area contributed by atoms with Gasteiger partial charge in [-0.05, 0) is 39.0 Å². The molecule has 3 rings (SSSR count). The Labute approximate surface area is 288 Å². The minimum atomic E-state index is -1.89. The van der Waals surface area contributed by atoms with Crippen LogP contribution < -0.4 is 15.4 Å². The molecule has 2 heterocycles. The van der Waals surface area contributed by atoms with Gasteiger partial charge < -0.3 is 39.4 Å². The minimum absolute atomic E-state index is 0.0390. The van der Waals surface area contributed by atoms with Crippen molar-refractivity contribution in [2.75, 3.05) is 26.3 Å². The monoisotopic (exact) mass is 720 g/mol. The Morgan fingerprint density at radius 3 is 1.96 bits per heavy atom. The fourth-order valence-corrected chi connectivity index (χ4v) is 5.59. The van der Waals surface area contributed by atoms with Gasteiger partial charge in [0.2, 0.25) is 23.4 Å². The Morgan fingerprint density at radius 2 is 1.34 bits per heavy atom. The Bertz CT molecular complexity index is 1260. The number of carbonyl (C=O) groups excluding carboxylic acids is 4. The summed E-state index contributed by atoms with van der Waals surface area (Å²) in [6.07, 6.45) is 5.94. The number of amides is 2. The van der Waals surface area contributed by atoms with Crippen LogP contribution in [0, 0.1) is 30.2 Å². The van der Waals surface area contributed by atoms with Gasteiger partial charge in [-0.1, -0.05) is 38.5 Å². The number of hydrogen-bond donors (Lipinski definition) is 3. The lowest BCUT2D eigenvalue weighted by molar-refractivity contribution is -0.237. The molecule has 3 N–H and O–H groups in total. The van der Waals surface area contributed by atoms with Crippen LogP contribution in [0.15, 0.2) is 0 Å². The normalized spacial score (nSPS) is 19.8. The van der Waals surface area contributed by atoms with Gasteiger partial charge in [0, 0.05) is 50.9 Å². The number of halogens is 4. The molecule has 2 amide bonds. The zero-order valence-electron chi connectivity index (χ0n) is 28.4. The van der Waals surface area contributed by atoms with E-state index in [0.717, 1.165) is 45.4 Å². The van der Waals surface area contributed by atoms with Crippen molar-refractivity contribution in [3.8, 4) is 5.75 Å². The van der Waals surface area contributed by atoms with E-state index >= 15 is 0 Å². The van der Waals surface area contributed by atoms with Crippen LogP contribution in [0.25, 0.3) is 0 Å². The number of nitrogens with one attached hydrogen (secondary N) is 2. The number of fused-ring (bicyclic) bond motifs is 1. The second-order valence-corrected chi connectivity index (χ2v) is 12.4. The van der Waals surface area contributed by atoms with Crippen molar-refractivity contribution < 1.29 is 65.5 Å². The van der Waals surface area contributed by atoms with Crippen LogP contribution in [0.4, 0.5) is 22.4 Å². The van der Waals surface area contributed by atoms with Crippen LogP contribution in [0.3, 0.4) is 0 Å². The first-order valence-corrected chi connectivity index (χ1v) is 17.3. The van der Waals surface area contributed by atoms with Crippen molar-refractivity contribution in [1.29, 1.82) is 0 Å². The molecule has 282 valence electrons. The number of ether oxygens (including phenoxy) is 5. The minimum Gasteiger partial charge on any atom is -0.427 e. The zero-order valence-corrected chi connectivity index (χ0v) is 28.4. The lowest BCUT2D eigenvalue weighted by Gasteiger charge is -2.34. The summed E-state index contributed by atoms with van der Waals surface area (Å²) in [6, 6.07) is 0. The molecular formula is C34H48F4N2O10.